The fourth-order valence-electron chi connectivity index (χ4n) is 4.67. The number of carbonyl (C=O) groups is 2. The first-order valence-corrected chi connectivity index (χ1v) is 13.2. The molecule has 1 aliphatic heterocycles. The van der Waals surface area contributed by atoms with Crippen LogP contribution in [-0.2, 0) is 14.8 Å². The maximum atomic E-state index is 13.3. The molecule has 0 N–H and O–H groups in total. The number of methoxy groups -OCH3 is 1. The van der Waals surface area contributed by atoms with Crippen LogP contribution < -0.4 is 4.74 Å². The number of nitrogens with zero attached hydrogens (tertiary/aromatic N) is 2. The van der Waals surface area contributed by atoms with Crippen LogP contribution in [-0.4, -0.2) is 55.8 Å². The van der Waals surface area contributed by atoms with E-state index in [0.717, 1.165) is 49.9 Å². The maximum Gasteiger partial charge on any atom is 0.338 e. The van der Waals surface area contributed by atoms with Gasteiger partial charge in [0, 0.05) is 36.1 Å². The average Bonchev–Trinajstić information content (AvgIpc) is 3.64. The molecular weight excluding hydrogens is 456 g/mol. The number of rotatable bonds is 8. The molecule has 2 aliphatic rings. The lowest BCUT2D eigenvalue weighted by atomic mass is 10.1. The molecule has 184 valence electrons. The van der Waals surface area contributed by atoms with Crippen molar-refractivity contribution in [2.24, 2.45) is 0 Å². The summed E-state index contributed by atoms with van der Waals surface area (Å²) in [7, 11) is -2.44. The Hall–Kier alpha value is -2.65. The Bertz CT molecular complexity index is 1190. The van der Waals surface area contributed by atoms with Crippen LogP contribution in [0.3, 0.4) is 0 Å². The summed E-state index contributed by atoms with van der Waals surface area (Å²) in [6.07, 6.45) is 5.80. The second-order valence-electron chi connectivity index (χ2n) is 9.07. The predicted octanol–water partition coefficient (Wildman–Crippen LogP) is 4.05. The van der Waals surface area contributed by atoms with Gasteiger partial charge in [-0.1, -0.05) is 12.8 Å². The molecule has 9 heteroatoms. The number of hydrogen-bond donors (Lipinski definition) is 0. The van der Waals surface area contributed by atoms with Crippen molar-refractivity contribution in [2.75, 3.05) is 26.8 Å². The number of carbonyl (C=O) groups excluding carboxylic acids is 2. The third kappa shape index (κ3) is 4.90. The molecule has 0 radical (unpaired) electrons. The SMILES string of the molecule is COc1ccc(C(=O)OCC(=O)c2cc(C)n(C3CC3)c2C)cc1S(=O)(=O)N1CCCCCC1. The molecule has 2 heterocycles. The summed E-state index contributed by atoms with van der Waals surface area (Å²) in [4.78, 5) is 25.4. The van der Waals surface area contributed by atoms with Gasteiger partial charge in [0.25, 0.3) is 0 Å². The molecule has 4 rings (SSSR count). The largest absolute Gasteiger partial charge is 0.495 e. The van der Waals surface area contributed by atoms with Gasteiger partial charge in [0.1, 0.15) is 10.6 Å². The normalized spacial score (nSPS) is 17.3. The quantitative estimate of drug-likeness (QED) is 0.411. The second kappa shape index (κ2) is 9.92. The standard InChI is InChI=1S/C25H32N2O6S/c1-17-14-21(18(2)27(17)20-9-10-20)22(28)16-33-25(29)19-8-11-23(32-3)24(15-19)34(30,31)26-12-6-4-5-7-13-26/h8,11,14-15,20H,4-7,9-10,12-13,16H2,1-3H3. The molecule has 2 aromatic rings. The third-order valence-corrected chi connectivity index (χ3v) is 8.53. The van der Waals surface area contributed by atoms with E-state index in [4.69, 9.17) is 9.47 Å². The van der Waals surface area contributed by atoms with Gasteiger partial charge in [-0.2, -0.15) is 4.31 Å². The Morgan fingerprint density at radius 1 is 1.03 bits per heavy atom. The molecule has 1 saturated heterocycles. The number of ether oxygens (including phenoxy) is 2. The number of Topliss-reactive ketones (excluding diaryl/α,β-unsaturated/α-hetero) is 1. The predicted molar refractivity (Wildman–Crippen MR) is 127 cm³/mol. The van der Waals surface area contributed by atoms with E-state index in [1.807, 2.05) is 19.9 Å². The summed E-state index contributed by atoms with van der Waals surface area (Å²) in [5, 5.41) is 0. The van der Waals surface area contributed by atoms with Crippen molar-refractivity contribution < 1.29 is 27.5 Å². The van der Waals surface area contributed by atoms with Crippen LogP contribution in [0.1, 0.15) is 76.7 Å². The number of aryl methyl sites for hydroxylation is 1. The van der Waals surface area contributed by atoms with Crippen molar-refractivity contribution >= 4 is 21.8 Å². The zero-order chi connectivity index (χ0) is 24.5. The molecular formula is C25H32N2O6S. The van der Waals surface area contributed by atoms with Crippen LogP contribution in [0.2, 0.25) is 0 Å². The Labute approximate surface area is 200 Å². The van der Waals surface area contributed by atoms with Gasteiger partial charge in [-0.05, 0) is 63.8 Å². The molecule has 1 saturated carbocycles. The molecule has 8 nitrogen and oxygen atoms in total. The minimum Gasteiger partial charge on any atom is -0.495 e. The highest BCUT2D eigenvalue weighted by atomic mass is 32.2. The van der Waals surface area contributed by atoms with Gasteiger partial charge in [0.2, 0.25) is 15.8 Å². The third-order valence-electron chi connectivity index (χ3n) is 6.61. The summed E-state index contributed by atoms with van der Waals surface area (Å²) >= 11 is 0. The van der Waals surface area contributed by atoms with E-state index in [1.165, 1.54) is 29.6 Å². The van der Waals surface area contributed by atoms with Gasteiger partial charge in [-0.3, -0.25) is 4.79 Å². The summed E-state index contributed by atoms with van der Waals surface area (Å²) in [5.74, 6) is -0.858. The van der Waals surface area contributed by atoms with Crippen LogP contribution >= 0.6 is 0 Å². The van der Waals surface area contributed by atoms with E-state index in [1.54, 1.807) is 0 Å². The zero-order valence-corrected chi connectivity index (χ0v) is 20.8. The second-order valence-corrected chi connectivity index (χ2v) is 11.0. The first kappa shape index (κ1) is 24.5. The highest BCUT2D eigenvalue weighted by Crippen LogP contribution is 2.38. The molecule has 1 aromatic heterocycles. The van der Waals surface area contributed by atoms with Crippen molar-refractivity contribution in [1.82, 2.24) is 8.87 Å². The van der Waals surface area contributed by atoms with Gasteiger partial charge in [0.05, 0.1) is 12.7 Å². The molecule has 1 aromatic carbocycles. The number of ketones is 1. The van der Waals surface area contributed by atoms with Gasteiger partial charge in [0.15, 0.2) is 6.61 Å². The van der Waals surface area contributed by atoms with Crippen molar-refractivity contribution in [3.8, 4) is 5.75 Å². The highest BCUT2D eigenvalue weighted by Gasteiger charge is 2.30. The van der Waals surface area contributed by atoms with Gasteiger partial charge in [-0.25, -0.2) is 13.2 Å². The zero-order valence-electron chi connectivity index (χ0n) is 20.0. The Morgan fingerprint density at radius 3 is 2.32 bits per heavy atom. The fourth-order valence-corrected chi connectivity index (χ4v) is 6.37. The molecule has 0 bridgehead atoms. The maximum absolute atomic E-state index is 13.3. The van der Waals surface area contributed by atoms with E-state index in [0.29, 0.717) is 24.7 Å². The molecule has 0 atom stereocenters. The topological polar surface area (TPSA) is 94.9 Å². The summed E-state index contributed by atoms with van der Waals surface area (Å²) in [6, 6.07) is 6.47. The molecule has 2 fully saturated rings. The molecule has 1 aliphatic carbocycles. The first-order valence-electron chi connectivity index (χ1n) is 11.8. The minimum absolute atomic E-state index is 0.0606. The molecule has 0 unspecified atom stereocenters. The summed E-state index contributed by atoms with van der Waals surface area (Å²) in [5.41, 5.74) is 2.52. The van der Waals surface area contributed by atoms with E-state index in [9.17, 15) is 18.0 Å². The lowest BCUT2D eigenvalue weighted by Gasteiger charge is -2.21. The van der Waals surface area contributed by atoms with Crippen LogP contribution in [0.25, 0.3) is 0 Å². The Kier molecular flexibility index (Phi) is 7.14. The molecule has 0 spiro atoms. The van der Waals surface area contributed by atoms with Crippen LogP contribution in [0.15, 0.2) is 29.2 Å². The Balaban J connectivity index is 1.50. The number of esters is 1. The number of sulfonamides is 1. The van der Waals surface area contributed by atoms with Gasteiger partial charge < -0.3 is 14.0 Å². The van der Waals surface area contributed by atoms with Crippen molar-refractivity contribution in [1.29, 1.82) is 0 Å². The fraction of sp³-hybridized carbons (Fsp3) is 0.520. The van der Waals surface area contributed by atoms with E-state index in [2.05, 4.69) is 4.57 Å². The number of benzene rings is 1. The van der Waals surface area contributed by atoms with Crippen LogP contribution in [0.5, 0.6) is 5.75 Å². The van der Waals surface area contributed by atoms with E-state index in [-0.39, 0.29) is 22.0 Å². The van der Waals surface area contributed by atoms with Crippen molar-refractivity contribution in [3.05, 3.63) is 46.8 Å². The van der Waals surface area contributed by atoms with Crippen LogP contribution in [0, 0.1) is 13.8 Å². The number of hydrogen-bond acceptors (Lipinski definition) is 6. The van der Waals surface area contributed by atoms with Gasteiger partial charge >= 0.3 is 5.97 Å². The monoisotopic (exact) mass is 488 g/mol. The summed E-state index contributed by atoms with van der Waals surface area (Å²) < 4.78 is 40.8. The average molecular weight is 489 g/mol. The van der Waals surface area contributed by atoms with Gasteiger partial charge in [-0.15, -0.1) is 0 Å². The first-order chi connectivity index (χ1) is 16.2. The molecule has 0 amide bonds. The lowest BCUT2D eigenvalue weighted by Crippen LogP contribution is -2.32. The van der Waals surface area contributed by atoms with E-state index >= 15 is 0 Å². The summed E-state index contributed by atoms with van der Waals surface area (Å²) in [6.45, 7) is 4.34. The van der Waals surface area contributed by atoms with Crippen molar-refractivity contribution in [2.45, 2.75) is 63.3 Å². The highest BCUT2D eigenvalue weighted by molar-refractivity contribution is 7.89. The lowest BCUT2D eigenvalue weighted by molar-refractivity contribution is 0.0474. The minimum atomic E-state index is -3.84. The van der Waals surface area contributed by atoms with E-state index < -0.39 is 22.6 Å². The smallest absolute Gasteiger partial charge is 0.338 e. The number of aromatic nitrogens is 1. The Morgan fingerprint density at radius 2 is 1.71 bits per heavy atom. The molecule has 34 heavy (non-hydrogen) atoms. The van der Waals surface area contributed by atoms with Crippen molar-refractivity contribution in [3.63, 3.8) is 0 Å². The van der Waals surface area contributed by atoms with Crippen LogP contribution in [0.4, 0.5) is 0 Å².